The number of nitrogens with one attached hydrogen (secondary N) is 5. The smallest absolute Gasteiger partial charge is 0.355 e. The van der Waals surface area contributed by atoms with Crippen LogP contribution in [0.25, 0.3) is 10.9 Å². The standard InChI is InChI=1S/C42H57N9O9S/c1-28-22-29(2)39(30(3)23-28)61(57,58)49-34(41(56)59-6)26-47-40(55)33-27-51(35-24-31(10-11-32(35)38(33)54)25-48-42-46-17-19-50(42)5)18-7-15-44-36(52)12-13-37(53)45-16-9-21-60-20-8-14-43-4/h10-11,17,19,22-24,27,43H,7-9,12-16,18,20-21,25-26H2,1-6H3,(H,44,52)(H,45,53)(H,46,48)(H,47,55). The number of sulfonamides is 1. The average Bonchev–Trinajstić information content (AvgIpc) is 3.64. The van der Waals surface area contributed by atoms with Crippen molar-refractivity contribution in [1.29, 1.82) is 0 Å². The maximum absolute atomic E-state index is 13.8. The van der Waals surface area contributed by atoms with Crippen molar-refractivity contribution in [3.8, 4) is 0 Å². The molecular weight excluding hydrogens is 807 g/mol. The molecule has 2 aromatic carbocycles. The molecule has 18 nitrogen and oxygen atoms in total. The molecule has 5 N–H and O–H groups in total. The summed E-state index contributed by atoms with van der Waals surface area (Å²) >= 11 is 0. The Hall–Kier alpha value is -5.92. The number of aromatic nitrogens is 3. The highest BCUT2D eigenvalue weighted by atomic mass is 32.2. The number of aryl methyl sites for hydroxylation is 5. The maximum Gasteiger partial charge on any atom is 0.355 e. The zero-order valence-electron chi connectivity index (χ0n) is 35.7. The minimum absolute atomic E-state index is 0.00633. The van der Waals surface area contributed by atoms with Crippen LogP contribution in [0.3, 0.4) is 0 Å². The lowest BCUT2D eigenvalue weighted by atomic mass is 10.1. The number of carbonyl (C=O) groups is 4. The van der Waals surface area contributed by atoms with Crippen molar-refractivity contribution >= 4 is 56.3 Å². The molecule has 0 unspecified atom stereocenters. The first-order chi connectivity index (χ1) is 29.1. The number of anilines is 1. The first kappa shape index (κ1) is 47.8. The molecule has 2 aromatic heterocycles. The van der Waals surface area contributed by atoms with Crippen molar-refractivity contribution in [2.75, 3.05) is 58.9 Å². The van der Waals surface area contributed by atoms with Gasteiger partial charge < -0.3 is 45.2 Å². The van der Waals surface area contributed by atoms with Gasteiger partial charge in [-0.25, -0.2) is 9.78 Å². The molecule has 0 aliphatic heterocycles. The Morgan fingerprint density at radius 2 is 1.54 bits per heavy atom. The number of carbonyl (C=O) groups excluding carboxylic acids is 4. The molecule has 0 spiro atoms. The van der Waals surface area contributed by atoms with Crippen LogP contribution in [0.15, 0.2) is 63.0 Å². The van der Waals surface area contributed by atoms with Crippen molar-refractivity contribution in [2.45, 2.75) is 70.9 Å². The van der Waals surface area contributed by atoms with Gasteiger partial charge in [0.2, 0.25) is 23.2 Å². The Labute approximate surface area is 355 Å². The van der Waals surface area contributed by atoms with Crippen molar-refractivity contribution in [3.05, 3.63) is 87.0 Å². The molecule has 4 aromatic rings. The predicted molar refractivity (Wildman–Crippen MR) is 232 cm³/mol. The number of ether oxygens (including phenoxy) is 2. The summed E-state index contributed by atoms with van der Waals surface area (Å²) in [4.78, 5) is 69.3. The highest BCUT2D eigenvalue weighted by Crippen LogP contribution is 2.24. The van der Waals surface area contributed by atoms with Gasteiger partial charge in [-0.05, 0) is 82.4 Å². The van der Waals surface area contributed by atoms with Crippen LogP contribution in [-0.4, -0.2) is 105 Å². The Morgan fingerprint density at radius 1 is 0.885 bits per heavy atom. The predicted octanol–water partition coefficient (Wildman–Crippen LogP) is 2.42. The summed E-state index contributed by atoms with van der Waals surface area (Å²) in [5, 5.41) is 14.6. The van der Waals surface area contributed by atoms with Crippen LogP contribution in [0, 0.1) is 20.8 Å². The highest BCUT2D eigenvalue weighted by Gasteiger charge is 2.25. The summed E-state index contributed by atoms with van der Waals surface area (Å²) in [6, 6.07) is 8.56. The number of methoxy groups -OCH3 is 1. The Kier molecular flexibility index (Phi) is 18.1. The number of hydrogen-bond acceptors (Lipinski definition) is 12. The molecule has 0 saturated heterocycles. The van der Waals surface area contributed by atoms with E-state index in [0.29, 0.717) is 61.7 Å². The lowest BCUT2D eigenvalue weighted by Crippen LogP contribution is -2.37. The molecule has 2 heterocycles. The summed E-state index contributed by atoms with van der Waals surface area (Å²) < 4.78 is 44.5. The van der Waals surface area contributed by atoms with Gasteiger partial charge in [-0.15, -0.1) is 0 Å². The SMILES string of the molecule is CNCCCOCCCNC(=O)CCC(=O)NCCCn1cc(C(=O)NCC(=NS(=O)(=O)c2c(C)cc(C)cc2C)C(=O)OC)c(=O)c2ccc(CNc3nccn3C)cc21. The summed E-state index contributed by atoms with van der Waals surface area (Å²) in [5.74, 6) is -1.83. The second kappa shape index (κ2) is 23.2. The minimum atomic E-state index is -4.41. The maximum atomic E-state index is 13.8. The van der Waals surface area contributed by atoms with E-state index in [0.717, 1.165) is 31.2 Å². The first-order valence-electron chi connectivity index (χ1n) is 20.1. The molecule has 0 radical (unpaired) electrons. The van der Waals surface area contributed by atoms with Gasteiger partial charge in [-0.3, -0.25) is 19.2 Å². The van der Waals surface area contributed by atoms with E-state index in [4.69, 9.17) is 9.47 Å². The number of benzene rings is 2. The molecule has 4 rings (SSSR count). The molecule has 19 heteroatoms. The minimum Gasteiger partial charge on any atom is -0.464 e. The summed E-state index contributed by atoms with van der Waals surface area (Å²) in [6.45, 7) is 7.83. The fraction of sp³-hybridized carbons (Fsp3) is 0.452. The number of pyridine rings is 1. The Bertz CT molecular complexity index is 2370. The Balaban J connectivity index is 1.47. The highest BCUT2D eigenvalue weighted by molar-refractivity contribution is 7.90. The summed E-state index contributed by atoms with van der Waals surface area (Å²) in [5.41, 5.74) is 1.63. The van der Waals surface area contributed by atoms with Gasteiger partial charge in [0.25, 0.3) is 15.9 Å². The number of esters is 1. The summed E-state index contributed by atoms with van der Waals surface area (Å²) in [7, 11) is 0.386. The van der Waals surface area contributed by atoms with E-state index in [1.165, 1.54) is 6.20 Å². The number of rotatable bonds is 24. The molecule has 0 atom stereocenters. The molecule has 0 aliphatic carbocycles. The van der Waals surface area contributed by atoms with Gasteiger partial charge in [0.15, 0.2) is 5.71 Å². The number of imidazole rings is 1. The van der Waals surface area contributed by atoms with E-state index in [-0.39, 0.29) is 53.6 Å². The first-order valence-corrected chi connectivity index (χ1v) is 21.5. The average molecular weight is 864 g/mol. The third-order valence-corrected chi connectivity index (χ3v) is 11.2. The molecule has 0 saturated carbocycles. The number of hydrogen-bond donors (Lipinski definition) is 5. The second-order valence-electron chi connectivity index (χ2n) is 14.5. The lowest BCUT2D eigenvalue weighted by Gasteiger charge is -2.16. The third kappa shape index (κ3) is 14.1. The van der Waals surface area contributed by atoms with Crippen molar-refractivity contribution in [2.24, 2.45) is 11.4 Å². The van der Waals surface area contributed by atoms with E-state index < -0.39 is 39.6 Å². The van der Waals surface area contributed by atoms with E-state index in [9.17, 15) is 32.4 Å². The van der Waals surface area contributed by atoms with E-state index in [1.54, 1.807) is 55.1 Å². The van der Waals surface area contributed by atoms with E-state index in [2.05, 4.69) is 36.0 Å². The quantitative estimate of drug-likeness (QED) is 0.0389. The monoisotopic (exact) mass is 863 g/mol. The third-order valence-electron chi connectivity index (χ3n) is 9.57. The normalized spacial score (nSPS) is 11.7. The fourth-order valence-electron chi connectivity index (χ4n) is 6.63. The van der Waals surface area contributed by atoms with Crippen LogP contribution in [0.5, 0.6) is 0 Å². The van der Waals surface area contributed by atoms with Gasteiger partial charge in [0.05, 0.1) is 24.1 Å². The zero-order valence-corrected chi connectivity index (χ0v) is 36.5. The van der Waals surface area contributed by atoms with Crippen molar-refractivity contribution in [1.82, 2.24) is 35.4 Å². The number of fused-ring (bicyclic) bond motifs is 1. The van der Waals surface area contributed by atoms with Gasteiger partial charge in [-0.1, -0.05) is 23.8 Å². The summed E-state index contributed by atoms with van der Waals surface area (Å²) in [6.07, 6.45) is 6.88. The molecule has 61 heavy (non-hydrogen) atoms. The van der Waals surface area contributed by atoms with Crippen molar-refractivity contribution < 1.29 is 37.1 Å². The largest absolute Gasteiger partial charge is 0.464 e. The fourth-order valence-corrected chi connectivity index (χ4v) is 8.08. The van der Waals surface area contributed by atoms with E-state index in [1.807, 2.05) is 31.7 Å². The molecule has 0 fully saturated rings. The van der Waals surface area contributed by atoms with E-state index >= 15 is 0 Å². The van der Waals surface area contributed by atoms with Crippen LogP contribution < -0.4 is 32.0 Å². The second-order valence-corrected chi connectivity index (χ2v) is 16.1. The van der Waals surface area contributed by atoms with Gasteiger partial charge in [-0.2, -0.15) is 12.8 Å². The van der Waals surface area contributed by atoms with Crippen LogP contribution in [-0.2, 0) is 54.0 Å². The van der Waals surface area contributed by atoms with Gasteiger partial charge in [0.1, 0.15) is 5.56 Å². The molecular formula is C42H57N9O9S. The van der Waals surface area contributed by atoms with Crippen molar-refractivity contribution in [3.63, 3.8) is 0 Å². The molecule has 3 amide bonds. The van der Waals surface area contributed by atoms with Crippen LogP contribution in [0.1, 0.15) is 64.7 Å². The lowest BCUT2D eigenvalue weighted by molar-refractivity contribution is -0.132. The molecule has 330 valence electrons. The Morgan fingerprint density at radius 3 is 2.16 bits per heavy atom. The molecule has 0 bridgehead atoms. The molecule has 0 aliphatic rings. The zero-order chi connectivity index (χ0) is 44.5. The van der Waals surface area contributed by atoms with Gasteiger partial charge >= 0.3 is 5.97 Å². The van der Waals surface area contributed by atoms with Crippen LogP contribution >= 0.6 is 0 Å². The van der Waals surface area contributed by atoms with Gasteiger partial charge in [0, 0.05) is 83.3 Å². The topological polar surface area (TPSA) is 233 Å². The van der Waals surface area contributed by atoms with Crippen LogP contribution in [0.2, 0.25) is 0 Å². The number of nitrogens with zero attached hydrogens (tertiary/aromatic N) is 4. The van der Waals surface area contributed by atoms with Crippen LogP contribution in [0.4, 0.5) is 5.95 Å². The number of amides is 3.